The van der Waals surface area contributed by atoms with Crippen molar-refractivity contribution in [3.05, 3.63) is 92.1 Å². The summed E-state index contributed by atoms with van der Waals surface area (Å²) in [5.74, 6) is 0.869. The number of aryl methyl sites for hydroxylation is 2. The highest BCUT2D eigenvalue weighted by atomic mass is 16.5. The molecule has 1 aliphatic carbocycles. The molecule has 1 aliphatic rings. The van der Waals surface area contributed by atoms with Crippen LogP contribution in [0.4, 0.5) is 0 Å². The zero-order chi connectivity index (χ0) is 20.1. The van der Waals surface area contributed by atoms with Gasteiger partial charge in [0.25, 0.3) is 6.33 Å². The van der Waals surface area contributed by atoms with Crippen molar-refractivity contribution in [2.45, 2.75) is 25.6 Å². The van der Waals surface area contributed by atoms with E-state index in [4.69, 9.17) is 9.47 Å². The first-order valence-electron chi connectivity index (χ1n) is 9.80. The maximum absolute atomic E-state index is 5.30. The predicted octanol–water partition coefficient (Wildman–Crippen LogP) is 1.68. The monoisotopic (exact) mass is 391 g/mol. The molecule has 0 bridgehead atoms. The van der Waals surface area contributed by atoms with Crippen LogP contribution < -0.4 is 18.4 Å². The molecule has 1 aromatic carbocycles. The van der Waals surface area contributed by atoms with E-state index < -0.39 is 0 Å². The minimum absolute atomic E-state index is 0.0729. The van der Waals surface area contributed by atoms with Crippen molar-refractivity contribution in [3.63, 3.8) is 0 Å². The van der Waals surface area contributed by atoms with E-state index in [0.29, 0.717) is 0 Å². The summed E-state index contributed by atoms with van der Waals surface area (Å²) in [6.07, 6.45) is 22.1. The number of rotatable bonds is 8. The molecule has 0 atom stereocenters. The zero-order valence-electron chi connectivity index (χ0n) is 16.9. The summed E-state index contributed by atoms with van der Waals surface area (Å²) in [7, 11) is 3.40. The third-order valence-electron chi connectivity index (χ3n) is 5.07. The van der Waals surface area contributed by atoms with Gasteiger partial charge in [0.2, 0.25) is 6.33 Å². The fourth-order valence-electron chi connectivity index (χ4n) is 3.38. The van der Waals surface area contributed by atoms with Crippen molar-refractivity contribution in [1.29, 1.82) is 0 Å². The average molecular weight is 391 g/mol. The van der Waals surface area contributed by atoms with Crippen LogP contribution in [0.25, 0.3) is 5.69 Å². The summed E-state index contributed by atoms with van der Waals surface area (Å²) in [5.41, 5.74) is 1.12. The molecule has 0 radical (unpaired) electrons. The van der Waals surface area contributed by atoms with Crippen molar-refractivity contribution in [1.82, 2.24) is 4.57 Å². The molecule has 0 unspecified atom stereocenters. The molecule has 0 amide bonds. The van der Waals surface area contributed by atoms with Crippen molar-refractivity contribution in [2.24, 2.45) is 0 Å². The van der Waals surface area contributed by atoms with Gasteiger partial charge in [-0.15, -0.1) is 12.2 Å². The van der Waals surface area contributed by atoms with E-state index in [1.165, 1.54) is 0 Å². The second-order valence-corrected chi connectivity index (χ2v) is 7.01. The highest BCUT2D eigenvalue weighted by Crippen LogP contribution is 2.14. The van der Waals surface area contributed by atoms with E-state index in [1.54, 1.807) is 14.2 Å². The summed E-state index contributed by atoms with van der Waals surface area (Å²) in [6, 6.07) is 9.21. The molecule has 2 aromatic heterocycles. The van der Waals surface area contributed by atoms with Crippen LogP contribution in [0.3, 0.4) is 0 Å². The quantitative estimate of drug-likeness (QED) is 0.433. The van der Waals surface area contributed by atoms with Gasteiger partial charge in [0.15, 0.2) is 0 Å². The van der Waals surface area contributed by atoms with Gasteiger partial charge in [-0.3, -0.25) is 4.57 Å². The van der Waals surface area contributed by atoms with Crippen LogP contribution in [0.2, 0.25) is 0 Å². The standard InChI is InChI=1S/C23H27N4O2/c1-28-22-8-4-20(5-9-22)26-16-14-24(18-26)12-3-13-25-15-17-27(19-25)21-6-10-23(29-2)11-7-21/h4-11,14-19,22H,3,12-13H2,1-2H3/q+1. The molecule has 6 nitrogen and oxygen atoms in total. The Morgan fingerprint density at radius 3 is 2.62 bits per heavy atom. The molecule has 0 aliphatic heterocycles. The molecular weight excluding hydrogens is 364 g/mol. The van der Waals surface area contributed by atoms with Crippen LogP contribution in [0.1, 0.15) is 6.42 Å². The van der Waals surface area contributed by atoms with E-state index in [2.05, 4.69) is 92.1 Å². The predicted molar refractivity (Wildman–Crippen MR) is 107 cm³/mol. The maximum atomic E-state index is 5.30. The van der Waals surface area contributed by atoms with Gasteiger partial charge in [0.1, 0.15) is 36.4 Å². The van der Waals surface area contributed by atoms with Gasteiger partial charge in [-0.1, -0.05) is 12.2 Å². The summed E-state index contributed by atoms with van der Waals surface area (Å²) in [4.78, 5) is 0. The number of hydrogen-bond donors (Lipinski definition) is 0. The fourth-order valence-corrected chi connectivity index (χ4v) is 3.38. The Kier molecular flexibility index (Phi) is 5.81. The van der Waals surface area contributed by atoms with Crippen LogP contribution in [-0.4, -0.2) is 24.9 Å². The molecule has 0 fully saturated rings. The summed E-state index contributed by atoms with van der Waals surface area (Å²) >= 11 is 0. The lowest BCUT2D eigenvalue weighted by Gasteiger charge is -2.16. The second-order valence-electron chi connectivity index (χ2n) is 7.01. The first kappa shape index (κ1) is 19.1. The second kappa shape index (κ2) is 8.84. The van der Waals surface area contributed by atoms with E-state index in [1.807, 2.05) is 12.1 Å². The van der Waals surface area contributed by atoms with Crippen LogP contribution >= 0.6 is 0 Å². The molecule has 6 heteroatoms. The molecule has 0 saturated carbocycles. The molecular formula is C23H27N4O2+. The van der Waals surface area contributed by atoms with Crippen LogP contribution in [0.5, 0.6) is 5.75 Å². The smallest absolute Gasteiger partial charge is 0.257 e. The Bertz CT molecular complexity index is 970. The number of nitrogens with zero attached hydrogens (tertiary/aromatic N) is 4. The Morgan fingerprint density at radius 1 is 1.10 bits per heavy atom. The number of imidazole rings is 2. The number of ether oxygens (including phenoxy) is 2. The van der Waals surface area contributed by atoms with E-state index in [0.717, 1.165) is 37.0 Å². The fraction of sp³-hybridized carbons (Fsp3) is 0.261. The highest BCUT2D eigenvalue weighted by molar-refractivity contribution is 5.36. The van der Waals surface area contributed by atoms with Crippen LogP contribution in [-0.2, 0) is 17.8 Å². The third kappa shape index (κ3) is 4.60. The van der Waals surface area contributed by atoms with Gasteiger partial charge >= 0.3 is 0 Å². The highest BCUT2D eigenvalue weighted by Gasteiger charge is 2.13. The summed E-state index contributed by atoms with van der Waals surface area (Å²) in [5, 5.41) is 0. The van der Waals surface area contributed by atoms with E-state index >= 15 is 0 Å². The SMILES string of the molecule is COc1ccc(-n2cc[n+](CCC[n+]3c[n+]([C-]4C=CC(OC)C=C4)c[cH-]3)c2)cc1. The van der Waals surface area contributed by atoms with Gasteiger partial charge in [0, 0.05) is 19.6 Å². The van der Waals surface area contributed by atoms with Gasteiger partial charge in [0.05, 0.1) is 26.0 Å². The molecule has 4 rings (SSSR count). The van der Waals surface area contributed by atoms with Gasteiger partial charge in [-0.25, -0.2) is 9.13 Å². The number of methoxy groups -OCH3 is 2. The number of allylic oxidation sites excluding steroid dienone is 2. The van der Waals surface area contributed by atoms with Gasteiger partial charge in [-0.2, -0.15) is 0 Å². The van der Waals surface area contributed by atoms with Crippen molar-refractivity contribution in [2.75, 3.05) is 14.2 Å². The maximum Gasteiger partial charge on any atom is 0.257 e. The third-order valence-corrected chi connectivity index (χ3v) is 5.07. The first-order chi connectivity index (χ1) is 14.2. The normalized spacial score (nSPS) is 13.9. The van der Waals surface area contributed by atoms with E-state index in [9.17, 15) is 0 Å². The Morgan fingerprint density at radius 2 is 1.90 bits per heavy atom. The summed E-state index contributed by atoms with van der Waals surface area (Å²) in [6.45, 7) is 1.93. The Labute approximate surface area is 171 Å². The summed E-state index contributed by atoms with van der Waals surface area (Å²) < 4.78 is 19.2. The topological polar surface area (TPSA) is 35.0 Å². The molecule has 0 N–H and O–H groups in total. The Hall–Kier alpha value is -3.25. The molecule has 29 heavy (non-hydrogen) atoms. The largest absolute Gasteiger partial charge is 0.497 e. The number of benzene rings is 1. The molecule has 0 spiro atoms. The molecule has 3 aromatic rings. The number of hydrogen-bond acceptors (Lipinski definition) is 2. The zero-order valence-corrected chi connectivity index (χ0v) is 16.9. The lowest BCUT2D eigenvalue weighted by molar-refractivity contribution is -0.779. The van der Waals surface area contributed by atoms with E-state index in [-0.39, 0.29) is 6.10 Å². The first-order valence-corrected chi connectivity index (χ1v) is 9.80. The molecule has 0 saturated heterocycles. The number of aromatic nitrogens is 4. The van der Waals surface area contributed by atoms with Gasteiger partial charge in [-0.05, 0) is 24.3 Å². The Balaban J connectivity index is 1.29. The van der Waals surface area contributed by atoms with Crippen molar-refractivity contribution >= 4 is 0 Å². The van der Waals surface area contributed by atoms with Gasteiger partial charge < -0.3 is 14.0 Å². The van der Waals surface area contributed by atoms with Crippen LogP contribution in [0, 0.1) is 6.04 Å². The van der Waals surface area contributed by atoms with Crippen LogP contribution in [0.15, 0.2) is 86.0 Å². The minimum Gasteiger partial charge on any atom is -0.497 e. The average Bonchev–Trinajstić information content (AvgIpc) is 3.44. The van der Waals surface area contributed by atoms with Crippen molar-refractivity contribution in [3.8, 4) is 11.4 Å². The molecule has 150 valence electrons. The lowest BCUT2D eigenvalue weighted by atomic mass is 10.1. The molecule has 2 heterocycles. The van der Waals surface area contributed by atoms with Crippen molar-refractivity contribution < 1.29 is 23.2 Å². The minimum atomic E-state index is 0.0729. The lowest BCUT2D eigenvalue weighted by Crippen LogP contribution is -2.43.